The third-order valence-corrected chi connectivity index (χ3v) is 5.10. The van der Waals surface area contributed by atoms with Crippen molar-refractivity contribution in [2.45, 2.75) is 13.1 Å². The SMILES string of the molecule is C=C1CN(C(=O)c2ccc(F)cc2Cl)CCN1/C(Br)=C(\C)C(F)(F)F. The van der Waals surface area contributed by atoms with Crippen molar-refractivity contribution in [3.63, 3.8) is 0 Å². The summed E-state index contributed by atoms with van der Waals surface area (Å²) in [6, 6.07) is 3.43. The predicted octanol–water partition coefficient (Wildman–Crippen LogP) is 4.94. The highest BCUT2D eigenvalue weighted by Gasteiger charge is 2.35. The van der Waals surface area contributed by atoms with Gasteiger partial charge < -0.3 is 9.80 Å². The lowest BCUT2D eigenvalue weighted by Crippen LogP contribution is -2.46. The quantitative estimate of drug-likeness (QED) is 0.479. The molecule has 3 nitrogen and oxygen atoms in total. The molecule has 0 spiro atoms. The van der Waals surface area contributed by atoms with E-state index in [1.165, 1.54) is 15.9 Å². The second-order valence-corrected chi connectivity index (χ2v) is 6.64. The van der Waals surface area contributed by atoms with Crippen LogP contribution >= 0.6 is 27.5 Å². The molecule has 136 valence electrons. The van der Waals surface area contributed by atoms with E-state index in [9.17, 15) is 22.4 Å². The molecular formula is C16H14BrClF4N2O. The van der Waals surface area contributed by atoms with Gasteiger partial charge in [0, 0.05) is 18.8 Å². The van der Waals surface area contributed by atoms with Gasteiger partial charge >= 0.3 is 6.18 Å². The number of hydrogen-bond acceptors (Lipinski definition) is 2. The monoisotopic (exact) mass is 440 g/mol. The maximum absolute atomic E-state index is 13.1. The Balaban J connectivity index is 2.16. The van der Waals surface area contributed by atoms with Crippen molar-refractivity contribution in [2.24, 2.45) is 0 Å². The Morgan fingerprint density at radius 1 is 1.32 bits per heavy atom. The van der Waals surface area contributed by atoms with Crippen molar-refractivity contribution in [2.75, 3.05) is 19.6 Å². The average Bonchev–Trinajstić information content (AvgIpc) is 2.52. The Labute approximate surface area is 155 Å². The summed E-state index contributed by atoms with van der Waals surface area (Å²) >= 11 is 8.85. The fourth-order valence-electron chi connectivity index (χ4n) is 2.33. The molecule has 1 amide bonds. The van der Waals surface area contributed by atoms with Gasteiger partial charge in [0.05, 0.1) is 27.3 Å². The van der Waals surface area contributed by atoms with Crippen LogP contribution < -0.4 is 0 Å². The molecule has 0 aliphatic carbocycles. The van der Waals surface area contributed by atoms with Crippen LogP contribution in [0.4, 0.5) is 17.6 Å². The van der Waals surface area contributed by atoms with Gasteiger partial charge in [-0.15, -0.1) is 0 Å². The summed E-state index contributed by atoms with van der Waals surface area (Å²) in [4.78, 5) is 15.3. The fourth-order valence-corrected chi connectivity index (χ4v) is 3.23. The zero-order chi connectivity index (χ0) is 18.9. The number of halogens is 6. The summed E-state index contributed by atoms with van der Waals surface area (Å²) < 4.78 is 51.5. The first-order valence-corrected chi connectivity index (χ1v) is 8.32. The molecule has 2 rings (SSSR count). The Morgan fingerprint density at radius 2 is 1.96 bits per heavy atom. The molecule has 9 heteroatoms. The minimum Gasteiger partial charge on any atom is -0.336 e. The molecule has 0 radical (unpaired) electrons. The van der Waals surface area contributed by atoms with E-state index in [4.69, 9.17) is 11.6 Å². The molecule has 1 aromatic carbocycles. The lowest BCUT2D eigenvalue weighted by atomic mass is 10.1. The van der Waals surface area contributed by atoms with Gasteiger partial charge in [0.15, 0.2) is 0 Å². The van der Waals surface area contributed by atoms with Crippen LogP contribution in [0.25, 0.3) is 0 Å². The summed E-state index contributed by atoms with van der Waals surface area (Å²) in [5.41, 5.74) is -0.325. The third kappa shape index (κ3) is 4.36. The molecular weight excluding hydrogens is 428 g/mol. The Kier molecular flexibility index (Phi) is 5.83. The number of hydrogen-bond donors (Lipinski definition) is 0. The zero-order valence-electron chi connectivity index (χ0n) is 13.1. The van der Waals surface area contributed by atoms with E-state index in [2.05, 4.69) is 22.5 Å². The second kappa shape index (κ2) is 7.37. The van der Waals surface area contributed by atoms with E-state index in [0.717, 1.165) is 19.1 Å². The Morgan fingerprint density at radius 3 is 2.48 bits per heavy atom. The molecule has 0 aromatic heterocycles. The summed E-state index contributed by atoms with van der Waals surface area (Å²) in [6.45, 7) is 5.06. The van der Waals surface area contributed by atoms with Gasteiger partial charge in [-0.1, -0.05) is 18.2 Å². The molecule has 1 aliphatic rings. The third-order valence-electron chi connectivity index (χ3n) is 3.77. The van der Waals surface area contributed by atoms with Crippen molar-refractivity contribution in [3.8, 4) is 0 Å². The van der Waals surface area contributed by atoms with Crippen LogP contribution in [0.1, 0.15) is 17.3 Å². The normalized spacial score (nSPS) is 16.8. The number of benzene rings is 1. The number of alkyl halides is 3. The number of allylic oxidation sites excluding steroid dienone is 1. The molecule has 0 bridgehead atoms. The molecule has 1 fully saturated rings. The number of amides is 1. The Bertz CT molecular complexity index is 748. The first-order chi connectivity index (χ1) is 11.5. The minimum absolute atomic E-state index is 0.0213. The standard InChI is InChI=1S/C16H14BrClF4N2O/c1-9-8-23(15(25)12-4-3-11(19)7-13(12)18)5-6-24(9)14(17)10(2)16(20,21)22/h3-4,7H,1,5-6,8H2,2H3/b14-10+. The van der Waals surface area contributed by atoms with Crippen molar-refractivity contribution >= 4 is 33.4 Å². The highest BCUT2D eigenvalue weighted by atomic mass is 79.9. The fraction of sp³-hybridized carbons (Fsp3) is 0.312. The van der Waals surface area contributed by atoms with Crippen LogP contribution in [-0.2, 0) is 0 Å². The van der Waals surface area contributed by atoms with Crippen molar-refractivity contribution < 1.29 is 22.4 Å². The van der Waals surface area contributed by atoms with Crippen LogP contribution in [-0.4, -0.2) is 41.5 Å². The van der Waals surface area contributed by atoms with Crippen molar-refractivity contribution in [1.29, 1.82) is 0 Å². The first kappa shape index (κ1) is 19.8. The molecule has 1 heterocycles. The van der Waals surface area contributed by atoms with Gasteiger partial charge in [0.25, 0.3) is 5.91 Å². The van der Waals surface area contributed by atoms with E-state index >= 15 is 0 Å². The number of nitrogens with zero attached hydrogens (tertiary/aromatic N) is 2. The van der Waals surface area contributed by atoms with E-state index < -0.39 is 23.5 Å². The lowest BCUT2D eigenvalue weighted by molar-refractivity contribution is -0.0926. The second-order valence-electron chi connectivity index (χ2n) is 5.48. The van der Waals surface area contributed by atoms with Gasteiger partial charge in [-0.3, -0.25) is 4.79 Å². The summed E-state index contributed by atoms with van der Waals surface area (Å²) in [5.74, 6) is -0.995. The number of carbonyl (C=O) groups excluding carboxylic acids is 1. The number of rotatable bonds is 2. The van der Waals surface area contributed by atoms with Crippen molar-refractivity contribution in [3.05, 3.63) is 57.1 Å². The van der Waals surface area contributed by atoms with Crippen LogP contribution in [0.5, 0.6) is 0 Å². The van der Waals surface area contributed by atoms with Gasteiger partial charge in [-0.05, 0) is 41.1 Å². The Hall–Kier alpha value is -1.54. The van der Waals surface area contributed by atoms with E-state index in [-0.39, 0.29) is 34.8 Å². The van der Waals surface area contributed by atoms with E-state index in [1.807, 2.05) is 0 Å². The van der Waals surface area contributed by atoms with Gasteiger partial charge in [-0.2, -0.15) is 13.2 Å². The molecule has 0 saturated carbocycles. The van der Waals surface area contributed by atoms with Gasteiger partial charge in [0.1, 0.15) is 5.82 Å². The molecule has 0 atom stereocenters. The topological polar surface area (TPSA) is 23.6 Å². The summed E-state index contributed by atoms with van der Waals surface area (Å²) in [5, 5.41) is -0.0213. The van der Waals surface area contributed by atoms with Crippen LogP contribution in [0.3, 0.4) is 0 Å². The molecule has 1 aliphatic heterocycles. The highest BCUT2D eigenvalue weighted by Crippen LogP contribution is 2.34. The van der Waals surface area contributed by atoms with E-state index in [0.29, 0.717) is 5.70 Å². The molecule has 0 N–H and O–H groups in total. The average molecular weight is 442 g/mol. The highest BCUT2D eigenvalue weighted by molar-refractivity contribution is 9.11. The van der Waals surface area contributed by atoms with Crippen LogP contribution in [0.2, 0.25) is 5.02 Å². The van der Waals surface area contributed by atoms with E-state index in [1.54, 1.807) is 0 Å². The smallest absolute Gasteiger partial charge is 0.336 e. The van der Waals surface area contributed by atoms with Gasteiger partial charge in [0.2, 0.25) is 0 Å². The molecule has 25 heavy (non-hydrogen) atoms. The number of piperazine rings is 1. The first-order valence-electron chi connectivity index (χ1n) is 7.15. The lowest BCUT2D eigenvalue weighted by Gasteiger charge is -2.38. The maximum Gasteiger partial charge on any atom is 0.414 e. The van der Waals surface area contributed by atoms with Crippen molar-refractivity contribution in [1.82, 2.24) is 9.80 Å². The maximum atomic E-state index is 13.1. The van der Waals surface area contributed by atoms with Crippen LogP contribution in [0.15, 0.2) is 40.7 Å². The number of carbonyl (C=O) groups is 1. The van der Waals surface area contributed by atoms with Crippen LogP contribution in [0, 0.1) is 5.82 Å². The largest absolute Gasteiger partial charge is 0.414 e. The predicted molar refractivity (Wildman–Crippen MR) is 90.8 cm³/mol. The molecule has 1 aromatic rings. The minimum atomic E-state index is -4.46. The summed E-state index contributed by atoms with van der Waals surface area (Å²) in [6.07, 6.45) is -4.46. The summed E-state index contributed by atoms with van der Waals surface area (Å²) in [7, 11) is 0. The molecule has 0 unspecified atom stereocenters. The zero-order valence-corrected chi connectivity index (χ0v) is 15.5. The molecule has 1 saturated heterocycles. The van der Waals surface area contributed by atoms with Gasteiger partial charge in [-0.25, -0.2) is 4.39 Å².